The summed E-state index contributed by atoms with van der Waals surface area (Å²) in [6.45, 7) is 1.90. The normalized spacial score (nSPS) is 21.6. The molecule has 0 amide bonds. The third kappa shape index (κ3) is 4.03. The van der Waals surface area contributed by atoms with Gasteiger partial charge in [0.2, 0.25) is 0 Å². The second-order valence-corrected chi connectivity index (χ2v) is 11.4. The number of carbonyl (C=O) groups excluding carboxylic acids is 1. The first-order chi connectivity index (χ1) is 13.3. The maximum absolute atomic E-state index is 12.9. The minimum atomic E-state index is -2.89. The van der Waals surface area contributed by atoms with Gasteiger partial charge in [-0.2, -0.15) is 0 Å². The van der Waals surface area contributed by atoms with Crippen LogP contribution in [0.1, 0.15) is 47.1 Å². The predicted molar refractivity (Wildman–Crippen MR) is 110 cm³/mol. The van der Waals surface area contributed by atoms with Gasteiger partial charge in [-0.05, 0) is 55.7 Å². The monoisotopic (exact) mass is 419 g/mol. The van der Waals surface area contributed by atoms with Crippen LogP contribution in [-0.4, -0.2) is 45.7 Å². The minimum Gasteiger partial charge on any atom is -0.309 e. The molecule has 0 bridgehead atoms. The molecular weight excluding hydrogens is 394 g/mol. The SMILES string of the molecule is CC(Sc1nnc(CC2CCS(=O)(=O)C2)n1C)C(=O)c1ccc2c(c1)CCC2. The lowest BCUT2D eigenvalue weighted by Crippen LogP contribution is -2.15. The van der Waals surface area contributed by atoms with E-state index in [9.17, 15) is 13.2 Å². The lowest BCUT2D eigenvalue weighted by atomic mass is 10.0. The highest BCUT2D eigenvalue weighted by atomic mass is 32.2. The van der Waals surface area contributed by atoms with E-state index in [1.807, 2.05) is 30.7 Å². The van der Waals surface area contributed by atoms with E-state index in [2.05, 4.69) is 16.3 Å². The number of rotatable bonds is 6. The Morgan fingerprint density at radius 1 is 1.29 bits per heavy atom. The molecule has 2 aromatic rings. The Hall–Kier alpha value is -1.67. The van der Waals surface area contributed by atoms with Crippen molar-refractivity contribution in [2.75, 3.05) is 11.5 Å². The van der Waals surface area contributed by atoms with E-state index < -0.39 is 9.84 Å². The molecule has 2 atom stereocenters. The van der Waals surface area contributed by atoms with Crippen molar-refractivity contribution in [3.05, 3.63) is 40.7 Å². The van der Waals surface area contributed by atoms with Gasteiger partial charge in [-0.3, -0.25) is 4.79 Å². The fourth-order valence-electron chi connectivity index (χ4n) is 4.09. The van der Waals surface area contributed by atoms with Gasteiger partial charge >= 0.3 is 0 Å². The van der Waals surface area contributed by atoms with Crippen LogP contribution in [0.3, 0.4) is 0 Å². The van der Waals surface area contributed by atoms with Crippen LogP contribution in [-0.2, 0) is 36.1 Å². The molecule has 1 aromatic carbocycles. The average Bonchev–Trinajstić information content (AvgIpc) is 3.35. The quantitative estimate of drug-likeness (QED) is 0.529. The summed E-state index contributed by atoms with van der Waals surface area (Å²) in [6.07, 6.45) is 4.63. The molecule has 6 nitrogen and oxygen atoms in total. The molecule has 1 aromatic heterocycles. The first kappa shape index (κ1) is 19.6. The number of carbonyl (C=O) groups is 1. The summed E-state index contributed by atoms with van der Waals surface area (Å²) in [5, 5.41) is 8.92. The molecule has 2 unspecified atom stereocenters. The number of sulfone groups is 1. The zero-order valence-corrected chi connectivity index (χ0v) is 17.9. The van der Waals surface area contributed by atoms with Crippen LogP contribution in [0, 0.1) is 5.92 Å². The van der Waals surface area contributed by atoms with Crippen LogP contribution in [0.5, 0.6) is 0 Å². The van der Waals surface area contributed by atoms with Crippen LogP contribution in [0.4, 0.5) is 0 Å². The summed E-state index contributed by atoms with van der Waals surface area (Å²) in [4.78, 5) is 12.9. The van der Waals surface area contributed by atoms with Crippen LogP contribution >= 0.6 is 11.8 Å². The van der Waals surface area contributed by atoms with Gasteiger partial charge in [0.15, 0.2) is 20.8 Å². The molecule has 2 aliphatic rings. The first-order valence-corrected chi connectivity index (χ1v) is 12.4. The Bertz CT molecular complexity index is 1010. The van der Waals surface area contributed by atoms with Crippen molar-refractivity contribution in [1.29, 1.82) is 0 Å². The van der Waals surface area contributed by atoms with E-state index in [-0.39, 0.29) is 28.5 Å². The topological polar surface area (TPSA) is 81.9 Å². The summed E-state index contributed by atoms with van der Waals surface area (Å²) >= 11 is 1.41. The van der Waals surface area contributed by atoms with Gasteiger partial charge in [-0.1, -0.05) is 23.9 Å². The Morgan fingerprint density at radius 2 is 2.07 bits per heavy atom. The summed E-state index contributed by atoms with van der Waals surface area (Å²) in [5.41, 5.74) is 3.43. The van der Waals surface area contributed by atoms with Gasteiger partial charge in [0, 0.05) is 19.0 Å². The number of fused-ring (bicyclic) bond motifs is 1. The Labute approximate surface area is 170 Å². The van der Waals surface area contributed by atoms with Crippen LogP contribution in [0.25, 0.3) is 0 Å². The van der Waals surface area contributed by atoms with Gasteiger partial charge in [0.25, 0.3) is 0 Å². The predicted octanol–water partition coefficient (Wildman–Crippen LogP) is 2.64. The van der Waals surface area contributed by atoms with Crippen molar-refractivity contribution in [3.63, 3.8) is 0 Å². The number of ketones is 1. The summed E-state index contributed by atoms with van der Waals surface area (Å²) in [7, 11) is -1.01. The van der Waals surface area contributed by atoms with Gasteiger partial charge in [-0.25, -0.2) is 8.42 Å². The molecule has 28 heavy (non-hydrogen) atoms. The molecular formula is C20H25N3O3S2. The Kier molecular flexibility index (Phi) is 5.35. The van der Waals surface area contributed by atoms with Gasteiger partial charge in [-0.15, -0.1) is 10.2 Å². The molecule has 0 radical (unpaired) electrons. The minimum absolute atomic E-state index is 0.103. The lowest BCUT2D eigenvalue weighted by Gasteiger charge is -2.12. The van der Waals surface area contributed by atoms with Crippen LogP contribution in [0.2, 0.25) is 0 Å². The first-order valence-electron chi connectivity index (χ1n) is 9.74. The molecule has 1 saturated heterocycles. The number of benzene rings is 1. The third-order valence-electron chi connectivity index (χ3n) is 5.76. The second-order valence-electron chi connectivity index (χ2n) is 7.89. The molecule has 0 spiro atoms. The number of aryl methyl sites for hydroxylation is 2. The van der Waals surface area contributed by atoms with Crippen molar-refractivity contribution < 1.29 is 13.2 Å². The van der Waals surface area contributed by atoms with Crippen molar-refractivity contribution >= 4 is 27.4 Å². The fourth-order valence-corrected chi connectivity index (χ4v) is 6.86. The Balaban J connectivity index is 1.42. The number of aromatic nitrogens is 3. The Morgan fingerprint density at radius 3 is 2.82 bits per heavy atom. The maximum atomic E-state index is 12.9. The van der Waals surface area contributed by atoms with E-state index >= 15 is 0 Å². The molecule has 2 heterocycles. The van der Waals surface area contributed by atoms with Crippen molar-refractivity contribution in [1.82, 2.24) is 14.8 Å². The number of Topliss-reactive ketones (excluding diaryl/α,β-unsaturated/α-hetero) is 1. The highest BCUT2D eigenvalue weighted by Gasteiger charge is 2.29. The highest BCUT2D eigenvalue weighted by molar-refractivity contribution is 8.00. The van der Waals surface area contributed by atoms with Gasteiger partial charge in [0.1, 0.15) is 5.82 Å². The van der Waals surface area contributed by atoms with Crippen LogP contribution < -0.4 is 0 Å². The number of thioether (sulfide) groups is 1. The molecule has 0 N–H and O–H groups in total. The lowest BCUT2D eigenvalue weighted by molar-refractivity contribution is 0.0993. The van der Waals surface area contributed by atoms with Crippen molar-refractivity contribution in [3.8, 4) is 0 Å². The van der Waals surface area contributed by atoms with E-state index in [1.54, 1.807) is 0 Å². The largest absolute Gasteiger partial charge is 0.309 e. The van der Waals surface area contributed by atoms with Crippen LogP contribution in [0.15, 0.2) is 23.4 Å². The van der Waals surface area contributed by atoms with E-state index in [4.69, 9.17) is 0 Å². The average molecular weight is 420 g/mol. The zero-order valence-electron chi connectivity index (χ0n) is 16.2. The molecule has 1 aliphatic heterocycles. The van der Waals surface area contributed by atoms with E-state index in [1.165, 1.54) is 29.3 Å². The van der Waals surface area contributed by atoms with Crippen molar-refractivity contribution in [2.45, 2.75) is 49.4 Å². The zero-order chi connectivity index (χ0) is 19.9. The van der Waals surface area contributed by atoms with Gasteiger partial charge < -0.3 is 4.57 Å². The molecule has 8 heteroatoms. The molecule has 150 valence electrons. The standard InChI is InChI=1S/C20H25N3O3S2/c1-13(19(24)17-7-6-15-4-3-5-16(15)11-17)27-20-22-21-18(23(20)2)10-14-8-9-28(25,26)12-14/h6-7,11,13-14H,3-5,8-10,12H2,1-2H3. The highest BCUT2D eigenvalue weighted by Crippen LogP contribution is 2.28. The fraction of sp³-hybridized carbons (Fsp3) is 0.550. The van der Waals surface area contributed by atoms with E-state index in [0.29, 0.717) is 18.0 Å². The molecule has 4 rings (SSSR count). The number of nitrogens with zero attached hydrogens (tertiary/aromatic N) is 3. The summed E-state index contributed by atoms with van der Waals surface area (Å²) < 4.78 is 25.2. The van der Waals surface area contributed by atoms with Crippen molar-refractivity contribution in [2.24, 2.45) is 13.0 Å². The maximum Gasteiger partial charge on any atom is 0.191 e. The number of hydrogen-bond donors (Lipinski definition) is 0. The summed E-state index contributed by atoms with van der Waals surface area (Å²) in [6, 6.07) is 6.07. The van der Waals surface area contributed by atoms with Gasteiger partial charge in [0.05, 0.1) is 16.8 Å². The summed E-state index contributed by atoms with van der Waals surface area (Å²) in [5.74, 6) is 1.49. The molecule has 1 aliphatic carbocycles. The second kappa shape index (κ2) is 7.63. The molecule has 1 fully saturated rings. The number of hydrogen-bond acceptors (Lipinski definition) is 6. The van der Waals surface area contributed by atoms with E-state index in [0.717, 1.165) is 24.2 Å². The molecule has 0 saturated carbocycles. The third-order valence-corrected chi connectivity index (χ3v) is 8.73. The smallest absolute Gasteiger partial charge is 0.191 e.